The topological polar surface area (TPSA) is 94.1 Å². The Balaban J connectivity index is 1.93. The summed E-state index contributed by atoms with van der Waals surface area (Å²) in [7, 11) is 1.54. The largest absolute Gasteiger partial charge is 0.496 e. The van der Waals surface area contributed by atoms with E-state index in [2.05, 4.69) is 5.32 Å². The van der Waals surface area contributed by atoms with Crippen LogP contribution in [-0.4, -0.2) is 56.6 Å². The molecule has 1 aromatic carbocycles. The van der Waals surface area contributed by atoms with Gasteiger partial charge in [0.2, 0.25) is 0 Å². The fourth-order valence-electron chi connectivity index (χ4n) is 2.36. The zero-order valence-electron chi connectivity index (χ0n) is 13.0. The van der Waals surface area contributed by atoms with Crippen LogP contribution in [0.5, 0.6) is 5.75 Å². The number of hydrogen-bond donors (Lipinski definition) is 2. The molecule has 1 amide bonds. The second-order valence-electron chi connectivity index (χ2n) is 5.23. The molecule has 23 heavy (non-hydrogen) atoms. The SMILES string of the molecule is COc1ccccc1CC(CNC(=O)C1COCCO1)C(=O)O. The Morgan fingerprint density at radius 2 is 2.17 bits per heavy atom. The van der Waals surface area contributed by atoms with Gasteiger partial charge in [0.25, 0.3) is 5.91 Å². The summed E-state index contributed by atoms with van der Waals surface area (Å²) < 4.78 is 15.7. The molecule has 1 fully saturated rings. The van der Waals surface area contributed by atoms with E-state index in [1.807, 2.05) is 18.2 Å². The summed E-state index contributed by atoms with van der Waals surface area (Å²) >= 11 is 0. The second-order valence-corrected chi connectivity index (χ2v) is 5.23. The third-order valence-corrected chi connectivity index (χ3v) is 3.64. The minimum Gasteiger partial charge on any atom is -0.496 e. The first-order chi connectivity index (χ1) is 11.1. The lowest BCUT2D eigenvalue weighted by Crippen LogP contribution is -2.45. The van der Waals surface area contributed by atoms with E-state index in [9.17, 15) is 14.7 Å². The Bertz CT molecular complexity index is 541. The number of carboxylic acid groups (broad SMARTS) is 1. The van der Waals surface area contributed by atoms with Gasteiger partial charge in [-0.2, -0.15) is 0 Å². The molecular weight excluding hydrogens is 302 g/mol. The molecule has 1 aliphatic heterocycles. The van der Waals surface area contributed by atoms with Crippen LogP contribution in [0.25, 0.3) is 0 Å². The normalized spacial score (nSPS) is 18.9. The molecule has 0 bridgehead atoms. The summed E-state index contributed by atoms with van der Waals surface area (Å²) in [6, 6.07) is 7.23. The number of carbonyl (C=O) groups excluding carboxylic acids is 1. The second kappa shape index (κ2) is 8.50. The van der Waals surface area contributed by atoms with Crippen LogP contribution in [-0.2, 0) is 25.5 Å². The maximum Gasteiger partial charge on any atom is 0.308 e. The number of benzene rings is 1. The number of rotatable bonds is 7. The van der Waals surface area contributed by atoms with Gasteiger partial charge in [0, 0.05) is 6.54 Å². The molecule has 1 saturated heterocycles. The first-order valence-corrected chi connectivity index (χ1v) is 7.43. The van der Waals surface area contributed by atoms with Crippen LogP contribution in [0.3, 0.4) is 0 Å². The van der Waals surface area contributed by atoms with E-state index in [0.29, 0.717) is 19.0 Å². The molecule has 0 spiro atoms. The summed E-state index contributed by atoms with van der Waals surface area (Å²) in [5.74, 6) is -1.44. The minimum absolute atomic E-state index is 0.0199. The molecule has 1 aliphatic rings. The molecule has 1 heterocycles. The third-order valence-electron chi connectivity index (χ3n) is 3.64. The fraction of sp³-hybridized carbons (Fsp3) is 0.500. The van der Waals surface area contributed by atoms with Crippen LogP contribution in [0, 0.1) is 5.92 Å². The van der Waals surface area contributed by atoms with E-state index in [1.165, 1.54) is 7.11 Å². The predicted octanol–water partition coefficient (Wildman–Crippen LogP) is 0.470. The van der Waals surface area contributed by atoms with Crippen LogP contribution in [0.2, 0.25) is 0 Å². The van der Waals surface area contributed by atoms with Crippen molar-refractivity contribution >= 4 is 11.9 Å². The van der Waals surface area contributed by atoms with Gasteiger partial charge in [-0.25, -0.2) is 0 Å². The van der Waals surface area contributed by atoms with Crippen molar-refractivity contribution in [3.05, 3.63) is 29.8 Å². The summed E-state index contributed by atoms with van der Waals surface area (Å²) in [4.78, 5) is 23.4. The first kappa shape index (κ1) is 17.2. The summed E-state index contributed by atoms with van der Waals surface area (Å²) in [5, 5.41) is 12.0. The highest BCUT2D eigenvalue weighted by Crippen LogP contribution is 2.21. The Morgan fingerprint density at radius 1 is 1.39 bits per heavy atom. The average molecular weight is 323 g/mol. The Morgan fingerprint density at radius 3 is 2.83 bits per heavy atom. The van der Waals surface area contributed by atoms with Gasteiger partial charge in [0.1, 0.15) is 5.75 Å². The molecule has 0 aromatic heterocycles. The summed E-state index contributed by atoms with van der Waals surface area (Å²) in [6.07, 6.45) is -0.411. The number of hydrogen-bond acceptors (Lipinski definition) is 5. The van der Waals surface area contributed by atoms with Crippen LogP contribution in [0.4, 0.5) is 0 Å². The van der Waals surface area contributed by atoms with Crippen LogP contribution < -0.4 is 10.1 Å². The van der Waals surface area contributed by atoms with Gasteiger partial charge in [-0.3, -0.25) is 9.59 Å². The van der Waals surface area contributed by atoms with Crippen molar-refractivity contribution in [3.8, 4) is 5.75 Å². The van der Waals surface area contributed by atoms with Crippen molar-refractivity contribution in [3.63, 3.8) is 0 Å². The maximum absolute atomic E-state index is 12.0. The number of aliphatic carboxylic acids is 1. The monoisotopic (exact) mass is 323 g/mol. The first-order valence-electron chi connectivity index (χ1n) is 7.43. The van der Waals surface area contributed by atoms with Crippen molar-refractivity contribution in [1.82, 2.24) is 5.32 Å². The van der Waals surface area contributed by atoms with E-state index in [-0.39, 0.29) is 25.5 Å². The van der Waals surface area contributed by atoms with Crippen molar-refractivity contribution in [2.45, 2.75) is 12.5 Å². The highest BCUT2D eigenvalue weighted by Gasteiger charge is 2.25. The Labute approximate surface area is 134 Å². The van der Waals surface area contributed by atoms with E-state index in [1.54, 1.807) is 6.07 Å². The van der Waals surface area contributed by atoms with E-state index in [4.69, 9.17) is 14.2 Å². The minimum atomic E-state index is -0.975. The van der Waals surface area contributed by atoms with E-state index in [0.717, 1.165) is 5.56 Å². The van der Waals surface area contributed by atoms with Gasteiger partial charge < -0.3 is 24.6 Å². The Kier molecular flexibility index (Phi) is 6.37. The molecule has 0 radical (unpaired) electrons. The Hall–Kier alpha value is -2.12. The van der Waals surface area contributed by atoms with Gasteiger partial charge in [-0.05, 0) is 18.1 Å². The number of carbonyl (C=O) groups is 2. The molecule has 1 aromatic rings. The third kappa shape index (κ3) is 4.94. The number of nitrogens with one attached hydrogen (secondary N) is 1. The summed E-state index contributed by atoms with van der Waals surface area (Å²) in [5.41, 5.74) is 0.786. The van der Waals surface area contributed by atoms with Crippen LogP contribution >= 0.6 is 0 Å². The maximum atomic E-state index is 12.0. The number of para-hydroxylation sites is 1. The molecule has 0 aliphatic carbocycles. The number of ether oxygens (including phenoxy) is 3. The van der Waals surface area contributed by atoms with E-state index >= 15 is 0 Å². The van der Waals surface area contributed by atoms with Crippen molar-refractivity contribution < 1.29 is 28.9 Å². The van der Waals surface area contributed by atoms with Crippen LogP contribution in [0.15, 0.2) is 24.3 Å². The van der Waals surface area contributed by atoms with Crippen molar-refractivity contribution in [2.24, 2.45) is 5.92 Å². The zero-order chi connectivity index (χ0) is 16.7. The molecule has 7 nitrogen and oxygen atoms in total. The lowest BCUT2D eigenvalue weighted by Gasteiger charge is -2.23. The van der Waals surface area contributed by atoms with Gasteiger partial charge in [-0.15, -0.1) is 0 Å². The molecule has 0 saturated carbocycles. The molecular formula is C16H21NO6. The van der Waals surface area contributed by atoms with Gasteiger partial charge in [0.05, 0.1) is 32.8 Å². The zero-order valence-corrected chi connectivity index (χ0v) is 13.0. The summed E-state index contributed by atoms with van der Waals surface area (Å²) in [6.45, 7) is 1.04. The molecule has 7 heteroatoms. The molecule has 2 atom stereocenters. The lowest BCUT2D eigenvalue weighted by molar-refractivity contribution is -0.148. The number of carboxylic acids is 1. The smallest absolute Gasteiger partial charge is 0.308 e. The highest BCUT2D eigenvalue weighted by molar-refractivity contribution is 5.81. The average Bonchev–Trinajstić information content (AvgIpc) is 2.59. The van der Waals surface area contributed by atoms with Crippen molar-refractivity contribution in [2.75, 3.05) is 33.5 Å². The highest BCUT2D eigenvalue weighted by atomic mass is 16.6. The molecule has 2 unspecified atom stereocenters. The van der Waals surface area contributed by atoms with Gasteiger partial charge >= 0.3 is 5.97 Å². The molecule has 2 N–H and O–H groups in total. The van der Waals surface area contributed by atoms with Crippen LogP contribution in [0.1, 0.15) is 5.56 Å². The standard InChI is InChI=1S/C16H21NO6/c1-21-13-5-3-2-4-11(13)8-12(16(19)20)9-17-15(18)14-10-22-6-7-23-14/h2-5,12,14H,6-10H2,1H3,(H,17,18)(H,19,20). The van der Waals surface area contributed by atoms with Crippen molar-refractivity contribution in [1.29, 1.82) is 0 Å². The lowest BCUT2D eigenvalue weighted by atomic mass is 9.98. The number of amides is 1. The quantitative estimate of drug-likeness (QED) is 0.757. The predicted molar refractivity (Wildman–Crippen MR) is 81.4 cm³/mol. The number of methoxy groups -OCH3 is 1. The van der Waals surface area contributed by atoms with Gasteiger partial charge in [-0.1, -0.05) is 18.2 Å². The van der Waals surface area contributed by atoms with Gasteiger partial charge in [0.15, 0.2) is 6.10 Å². The van der Waals surface area contributed by atoms with E-state index < -0.39 is 18.0 Å². The fourth-order valence-corrected chi connectivity index (χ4v) is 2.36. The molecule has 2 rings (SSSR count). The molecule has 126 valence electrons.